The SMILES string of the molecule is CCC(C)NCC1CC(Cl)C1. The molecule has 0 amide bonds. The van der Waals surface area contributed by atoms with E-state index in [1.807, 2.05) is 0 Å². The summed E-state index contributed by atoms with van der Waals surface area (Å²) in [6.07, 6.45) is 3.65. The van der Waals surface area contributed by atoms with E-state index in [9.17, 15) is 0 Å². The number of halogens is 1. The topological polar surface area (TPSA) is 12.0 Å². The molecular weight excluding hydrogens is 158 g/mol. The van der Waals surface area contributed by atoms with Gasteiger partial charge < -0.3 is 5.32 Å². The third kappa shape index (κ3) is 3.00. The molecule has 1 nitrogen and oxygen atoms in total. The summed E-state index contributed by atoms with van der Waals surface area (Å²) in [5.74, 6) is 0.853. The van der Waals surface area contributed by atoms with Gasteiger partial charge in [-0.3, -0.25) is 0 Å². The van der Waals surface area contributed by atoms with Gasteiger partial charge in [-0.05, 0) is 38.6 Å². The highest BCUT2D eigenvalue weighted by molar-refractivity contribution is 6.21. The Morgan fingerprint density at radius 3 is 2.64 bits per heavy atom. The Morgan fingerprint density at radius 2 is 2.18 bits per heavy atom. The molecule has 0 saturated heterocycles. The van der Waals surface area contributed by atoms with Crippen molar-refractivity contribution < 1.29 is 0 Å². The first-order valence-electron chi connectivity index (χ1n) is 4.59. The van der Waals surface area contributed by atoms with Crippen molar-refractivity contribution >= 4 is 11.6 Å². The first kappa shape index (κ1) is 9.34. The lowest BCUT2D eigenvalue weighted by Crippen LogP contribution is -2.37. The van der Waals surface area contributed by atoms with Crippen LogP contribution in [0.1, 0.15) is 33.1 Å². The number of nitrogens with one attached hydrogen (secondary N) is 1. The van der Waals surface area contributed by atoms with Crippen LogP contribution in [0.15, 0.2) is 0 Å². The molecule has 1 N–H and O–H groups in total. The van der Waals surface area contributed by atoms with Crippen LogP contribution in [0.5, 0.6) is 0 Å². The number of hydrogen-bond donors (Lipinski definition) is 1. The quantitative estimate of drug-likeness (QED) is 0.648. The third-order valence-electron chi connectivity index (χ3n) is 2.55. The van der Waals surface area contributed by atoms with Crippen molar-refractivity contribution in [3.8, 4) is 0 Å². The molecule has 0 radical (unpaired) electrons. The molecule has 66 valence electrons. The van der Waals surface area contributed by atoms with Gasteiger partial charge in [0.05, 0.1) is 0 Å². The molecular formula is C9H18ClN. The van der Waals surface area contributed by atoms with Gasteiger partial charge in [0, 0.05) is 11.4 Å². The summed E-state index contributed by atoms with van der Waals surface area (Å²) in [4.78, 5) is 0. The Balaban J connectivity index is 1.96. The zero-order valence-corrected chi connectivity index (χ0v) is 8.19. The van der Waals surface area contributed by atoms with Gasteiger partial charge in [-0.2, -0.15) is 0 Å². The van der Waals surface area contributed by atoms with Gasteiger partial charge in [-0.15, -0.1) is 11.6 Å². The van der Waals surface area contributed by atoms with E-state index in [1.54, 1.807) is 0 Å². The van der Waals surface area contributed by atoms with E-state index >= 15 is 0 Å². The number of hydrogen-bond acceptors (Lipinski definition) is 1. The van der Waals surface area contributed by atoms with Crippen LogP contribution in [0.4, 0.5) is 0 Å². The Morgan fingerprint density at radius 1 is 1.55 bits per heavy atom. The molecule has 1 saturated carbocycles. The smallest absolute Gasteiger partial charge is 0.0342 e. The van der Waals surface area contributed by atoms with Crippen LogP contribution in [0.2, 0.25) is 0 Å². The standard InChI is InChI=1S/C9H18ClN/c1-3-7(2)11-6-8-4-9(10)5-8/h7-9,11H,3-6H2,1-2H3. The van der Waals surface area contributed by atoms with Crippen LogP contribution in [0.25, 0.3) is 0 Å². The number of alkyl halides is 1. The van der Waals surface area contributed by atoms with Crippen LogP contribution in [-0.2, 0) is 0 Å². The monoisotopic (exact) mass is 175 g/mol. The van der Waals surface area contributed by atoms with E-state index in [0.29, 0.717) is 11.4 Å². The average molecular weight is 176 g/mol. The number of rotatable bonds is 4. The molecule has 0 aromatic rings. The Bertz CT molecular complexity index is 110. The molecule has 0 heterocycles. The first-order valence-corrected chi connectivity index (χ1v) is 5.03. The zero-order chi connectivity index (χ0) is 8.27. The van der Waals surface area contributed by atoms with Crippen molar-refractivity contribution in [3.05, 3.63) is 0 Å². The predicted octanol–water partition coefficient (Wildman–Crippen LogP) is 2.39. The van der Waals surface area contributed by atoms with Crippen LogP contribution in [0, 0.1) is 5.92 Å². The van der Waals surface area contributed by atoms with Gasteiger partial charge in [-0.25, -0.2) is 0 Å². The molecule has 0 aromatic heterocycles. The van der Waals surface area contributed by atoms with Crippen LogP contribution < -0.4 is 5.32 Å². The van der Waals surface area contributed by atoms with Crippen molar-refractivity contribution in [2.24, 2.45) is 5.92 Å². The molecule has 0 aliphatic heterocycles. The first-order chi connectivity index (χ1) is 5.22. The summed E-state index contributed by atoms with van der Waals surface area (Å²) in [6, 6.07) is 0.671. The molecule has 0 spiro atoms. The van der Waals surface area contributed by atoms with Gasteiger partial charge in [0.2, 0.25) is 0 Å². The summed E-state index contributed by atoms with van der Waals surface area (Å²) in [5, 5.41) is 3.97. The molecule has 1 rings (SSSR count). The van der Waals surface area contributed by atoms with E-state index in [-0.39, 0.29) is 0 Å². The summed E-state index contributed by atoms with van der Waals surface area (Å²) in [5.41, 5.74) is 0. The average Bonchev–Trinajstić information content (AvgIpc) is 1.95. The van der Waals surface area contributed by atoms with Crippen molar-refractivity contribution in [3.63, 3.8) is 0 Å². The molecule has 2 heteroatoms. The van der Waals surface area contributed by atoms with E-state index in [4.69, 9.17) is 11.6 Å². The normalized spacial score (nSPS) is 33.0. The van der Waals surface area contributed by atoms with Crippen molar-refractivity contribution in [1.29, 1.82) is 0 Å². The van der Waals surface area contributed by atoms with E-state index < -0.39 is 0 Å². The van der Waals surface area contributed by atoms with Gasteiger partial charge in [-0.1, -0.05) is 6.92 Å². The molecule has 1 atom stereocenters. The Hall–Kier alpha value is 0.250. The zero-order valence-electron chi connectivity index (χ0n) is 7.44. The Labute approximate surface area is 74.5 Å². The molecule has 1 aliphatic carbocycles. The van der Waals surface area contributed by atoms with Crippen molar-refractivity contribution in [2.75, 3.05) is 6.54 Å². The van der Waals surface area contributed by atoms with Crippen molar-refractivity contribution in [1.82, 2.24) is 5.32 Å². The molecule has 0 aromatic carbocycles. The van der Waals surface area contributed by atoms with Gasteiger partial charge in [0.25, 0.3) is 0 Å². The molecule has 1 fully saturated rings. The molecule has 0 bridgehead atoms. The van der Waals surface area contributed by atoms with Gasteiger partial charge >= 0.3 is 0 Å². The highest BCUT2D eigenvalue weighted by atomic mass is 35.5. The van der Waals surface area contributed by atoms with E-state index in [2.05, 4.69) is 19.2 Å². The largest absolute Gasteiger partial charge is 0.314 e. The second-order valence-corrected chi connectivity index (χ2v) is 4.27. The highest BCUT2D eigenvalue weighted by Crippen LogP contribution is 2.31. The summed E-state index contributed by atoms with van der Waals surface area (Å²) < 4.78 is 0. The van der Waals surface area contributed by atoms with Crippen LogP contribution in [-0.4, -0.2) is 18.0 Å². The fourth-order valence-electron chi connectivity index (χ4n) is 1.33. The maximum absolute atomic E-state index is 5.87. The lowest BCUT2D eigenvalue weighted by molar-refractivity contribution is 0.297. The minimum atomic E-state index is 0.471. The minimum Gasteiger partial charge on any atom is -0.314 e. The predicted molar refractivity (Wildman–Crippen MR) is 50.1 cm³/mol. The van der Waals surface area contributed by atoms with Crippen molar-refractivity contribution in [2.45, 2.75) is 44.5 Å². The summed E-state index contributed by atoms with van der Waals surface area (Å²) in [7, 11) is 0. The molecule has 11 heavy (non-hydrogen) atoms. The molecule has 1 unspecified atom stereocenters. The third-order valence-corrected chi connectivity index (χ3v) is 2.90. The summed E-state index contributed by atoms with van der Waals surface area (Å²) >= 11 is 5.87. The fraction of sp³-hybridized carbons (Fsp3) is 1.00. The highest BCUT2D eigenvalue weighted by Gasteiger charge is 2.26. The second-order valence-electron chi connectivity index (χ2n) is 3.65. The fourth-order valence-corrected chi connectivity index (χ4v) is 1.84. The minimum absolute atomic E-state index is 0.471. The van der Waals surface area contributed by atoms with Gasteiger partial charge in [0.15, 0.2) is 0 Å². The Kier molecular flexibility index (Phi) is 3.67. The lowest BCUT2D eigenvalue weighted by atomic mass is 9.85. The molecule has 1 aliphatic rings. The van der Waals surface area contributed by atoms with Gasteiger partial charge in [0.1, 0.15) is 0 Å². The van der Waals surface area contributed by atoms with Crippen LogP contribution >= 0.6 is 11.6 Å². The maximum atomic E-state index is 5.87. The van der Waals surface area contributed by atoms with Crippen LogP contribution in [0.3, 0.4) is 0 Å². The summed E-state index contributed by atoms with van der Waals surface area (Å²) in [6.45, 7) is 5.61. The second kappa shape index (κ2) is 4.32. The van der Waals surface area contributed by atoms with E-state index in [0.717, 1.165) is 12.5 Å². The van der Waals surface area contributed by atoms with E-state index in [1.165, 1.54) is 19.3 Å². The maximum Gasteiger partial charge on any atom is 0.0342 e. The lowest BCUT2D eigenvalue weighted by Gasteiger charge is -2.31.